The Bertz CT molecular complexity index is 785. The fourth-order valence-corrected chi connectivity index (χ4v) is 2.65. The van der Waals surface area contributed by atoms with Crippen LogP contribution < -0.4 is 10.6 Å². The second kappa shape index (κ2) is 8.90. The van der Waals surface area contributed by atoms with Crippen molar-refractivity contribution in [2.45, 2.75) is 19.4 Å². The summed E-state index contributed by atoms with van der Waals surface area (Å²) < 4.78 is 14.8. The first-order chi connectivity index (χ1) is 13.3. The van der Waals surface area contributed by atoms with Crippen molar-refractivity contribution in [2.75, 3.05) is 24.9 Å². The topological polar surface area (TPSA) is 103 Å². The Hall–Kier alpha value is -3.55. The van der Waals surface area contributed by atoms with Gasteiger partial charge in [0.15, 0.2) is 5.60 Å². The van der Waals surface area contributed by atoms with E-state index in [-0.39, 0.29) is 0 Å². The van der Waals surface area contributed by atoms with E-state index < -0.39 is 23.8 Å². The van der Waals surface area contributed by atoms with Gasteiger partial charge in [0.1, 0.15) is 0 Å². The molecule has 2 N–H and O–H groups in total. The van der Waals surface area contributed by atoms with Crippen LogP contribution in [-0.4, -0.2) is 32.4 Å². The van der Waals surface area contributed by atoms with Crippen LogP contribution in [0.2, 0.25) is 0 Å². The van der Waals surface area contributed by atoms with Gasteiger partial charge in [0.05, 0.1) is 14.2 Å². The van der Waals surface area contributed by atoms with E-state index in [0.717, 1.165) is 0 Å². The van der Waals surface area contributed by atoms with Gasteiger partial charge in [-0.3, -0.25) is 15.4 Å². The minimum absolute atomic E-state index is 0.448. The Labute approximate surface area is 162 Å². The first kappa shape index (κ1) is 20.8. The lowest BCUT2D eigenvalue weighted by Gasteiger charge is -2.30. The van der Waals surface area contributed by atoms with Crippen molar-refractivity contribution >= 4 is 29.5 Å². The summed E-state index contributed by atoms with van der Waals surface area (Å²) in [6.45, 7) is 3.10. The maximum absolute atomic E-state index is 11.7. The number of rotatable bonds is 5. The van der Waals surface area contributed by atoms with Gasteiger partial charge in [0.25, 0.3) is 0 Å². The molecule has 148 valence electrons. The van der Waals surface area contributed by atoms with Crippen LogP contribution in [0.5, 0.6) is 0 Å². The molecule has 0 aromatic heterocycles. The van der Waals surface area contributed by atoms with E-state index in [1.807, 2.05) is 0 Å². The predicted octanol–water partition coefficient (Wildman–Crippen LogP) is 3.87. The molecule has 2 amide bonds. The molecule has 2 aromatic rings. The number of hydrogen-bond acceptors (Lipinski definition) is 6. The Kier molecular flexibility index (Phi) is 6.59. The molecule has 0 aliphatic heterocycles. The van der Waals surface area contributed by atoms with E-state index in [0.29, 0.717) is 22.5 Å². The molecule has 28 heavy (non-hydrogen) atoms. The number of carbonyl (C=O) groups excluding carboxylic acids is 3. The lowest BCUT2D eigenvalue weighted by molar-refractivity contribution is -0.152. The summed E-state index contributed by atoms with van der Waals surface area (Å²) in [6, 6.07) is 13.7. The van der Waals surface area contributed by atoms with Crippen LogP contribution in [0.25, 0.3) is 0 Å². The zero-order valence-corrected chi connectivity index (χ0v) is 16.1. The summed E-state index contributed by atoms with van der Waals surface area (Å²) in [5.41, 5.74) is 1.41. The second-order valence-corrected chi connectivity index (χ2v) is 6.01. The number of esters is 1. The van der Waals surface area contributed by atoms with E-state index in [1.165, 1.54) is 21.1 Å². The van der Waals surface area contributed by atoms with Crippen LogP contribution in [0.4, 0.5) is 21.0 Å². The zero-order chi connectivity index (χ0) is 20.7. The Morgan fingerprint density at radius 3 is 1.39 bits per heavy atom. The highest BCUT2D eigenvalue weighted by Gasteiger charge is 2.32. The fraction of sp³-hybridized carbons (Fsp3) is 0.250. The van der Waals surface area contributed by atoms with Crippen molar-refractivity contribution in [1.29, 1.82) is 0 Å². The van der Waals surface area contributed by atoms with Crippen molar-refractivity contribution in [3.63, 3.8) is 0 Å². The smallest absolute Gasteiger partial charge is 0.411 e. The molecule has 2 aromatic carbocycles. The van der Waals surface area contributed by atoms with Crippen LogP contribution in [0.15, 0.2) is 48.5 Å². The average Bonchev–Trinajstić information content (AvgIpc) is 2.68. The maximum Gasteiger partial charge on any atom is 0.411 e. The standard InChI is InChI=1S/C20H22N2O6/c1-13(23)28-20(2,14-5-9-16(10-6-14)21-18(24)26-3)15-7-11-17(12-8-15)22-19(25)27-4/h5-12H,1-4H3,(H,21,24)(H,22,25). The van der Waals surface area contributed by atoms with Crippen molar-refractivity contribution < 1.29 is 28.6 Å². The van der Waals surface area contributed by atoms with Gasteiger partial charge in [0, 0.05) is 18.3 Å². The molecule has 0 heterocycles. The number of anilines is 2. The third kappa shape index (κ3) is 5.00. The summed E-state index contributed by atoms with van der Waals surface area (Å²) in [6.07, 6.45) is -1.16. The molecule has 0 unspecified atom stereocenters. The number of ether oxygens (including phenoxy) is 3. The average molecular weight is 386 g/mol. The van der Waals surface area contributed by atoms with Gasteiger partial charge in [-0.1, -0.05) is 24.3 Å². The van der Waals surface area contributed by atoms with Crippen molar-refractivity contribution in [3.05, 3.63) is 59.7 Å². The van der Waals surface area contributed by atoms with Gasteiger partial charge in [-0.15, -0.1) is 0 Å². The molecule has 0 atom stereocenters. The minimum atomic E-state index is -1.07. The van der Waals surface area contributed by atoms with Gasteiger partial charge >= 0.3 is 18.2 Å². The highest BCUT2D eigenvalue weighted by atomic mass is 16.6. The van der Waals surface area contributed by atoms with E-state index in [9.17, 15) is 14.4 Å². The predicted molar refractivity (Wildman–Crippen MR) is 103 cm³/mol. The van der Waals surface area contributed by atoms with E-state index in [2.05, 4.69) is 20.1 Å². The first-order valence-corrected chi connectivity index (χ1v) is 8.39. The molecular weight excluding hydrogens is 364 g/mol. The third-order valence-electron chi connectivity index (χ3n) is 4.08. The number of nitrogens with one attached hydrogen (secondary N) is 2. The van der Waals surface area contributed by atoms with E-state index in [4.69, 9.17) is 4.74 Å². The highest BCUT2D eigenvalue weighted by Crippen LogP contribution is 2.35. The maximum atomic E-state index is 11.7. The Balaban J connectivity index is 2.34. The molecule has 0 spiro atoms. The number of benzene rings is 2. The second-order valence-electron chi connectivity index (χ2n) is 6.01. The van der Waals surface area contributed by atoms with Crippen LogP contribution in [-0.2, 0) is 24.6 Å². The molecule has 0 fully saturated rings. The molecular formula is C20H22N2O6. The van der Waals surface area contributed by atoms with Crippen LogP contribution >= 0.6 is 0 Å². The summed E-state index contributed by atoms with van der Waals surface area (Å²) in [4.78, 5) is 34.4. The molecule has 8 heteroatoms. The molecule has 8 nitrogen and oxygen atoms in total. The normalized spacial score (nSPS) is 10.6. The monoisotopic (exact) mass is 386 g/mol. The summed E-state index contributed by atoms with van der Waals surface area (Å²) in [7, 11) is 2.56. The quantitative estimate of drug-likeness (QED) is 0.597. The van der Waals surface area contributed by atoms with Crippen LogP contribution in [0.1, 0.15) is 25.0 Å². The SMILES string of the molecule is COC(=O)Nc1ccc(C(C)(OC(C)=O)c2ccc(NC(=O)OC)cc2)cc1. The summed E-state index contributed by atoms with van der Waals surface area (Å²) >= 11 is 0. The summed E-state index contributed by atoms with van der Waals surface area (Å²) in [5, 5.41) is 5.12. The molecule has 0 aliphatic rings. The Morgan fingerprint density at radius 2 is 1.11 bits per heavy atom. The van der Waals surface area contributed by atoms with Gasteiger partial charge in [0.2, 0.25) is 0 Å². The third-order valence-corrected chi connectivity index (χ3v) is 4.08. The van der Waals surface area contributed by atoms with Gasteiger partial charge in [-0.25, -0.2) is 9.59 Å². The lowest BCUT2D eigenvalue weighted by Crippen LogP contribution is -2.29. The lowest BCUT2D eigenvalue weighted by atomic mass is 9.87. The molecule has 0 bridgehead atoms. The molecule has 2 rings (SSSR count). The number of amides is 2. The minimum Gasteiger partial charge on any atom is -0.453 e. The number of methoxy groups -OCH3 is 2. The molecule has 0 saturated carbocycles. The van der Waals surface area contributed by atoms with E-state index >= 15 is 0 Å². The van der Waals surface area contributed by atoms with Gasteiger partial charge in [-0.05, 0) is 42.3 Å². The van der Waals surface area contributed by atoms with Crippen LogP contribution in [0, 0.1) is 0 Å². The number of hydrogen-bond donors (Lipinski definition) is 2. The van der Waals surface area contributed by atoms with E-state index in [1.54, 1.807) is 55.5 Å². The fourth-order valence-electron chi connectivity index (χ4n) is 2.65. The summed E-state index contributed by atoms with van der Waals surface area (Å²) in [5.74, 6) is -0.448. The molecule has 0 saturated heterocycles. The van der Waals surface area contributed by atoms with Crippen molar-refractivity contribution in [1.82, 2.24) is 0 Å². The van der Waals surface area contributed by atoms with Crippen molar-refractivity contribution in [3.8, 4) is 0 Å². The van der Waals surface area contributed by atoms with Crippen molar-refractivity contribution in [2.24, 2.45) is 0 Å². The highest BCUT2D eigenvalue weighted by molar-refractivity contribution is 5.85. The van der Waals surface area contributed by atoms with Crippen LogP contribution in [0.3, 0.4) is 0 Å². The molecule has 0 radical (unpaired) electrons. The van der Waals surface area contributed by atoms with Gasteiger partial charge < -0.3 is 14.2 Å². The largest absolute Gasteiger partial charge is 0.453 e. The first-order valence-electron chi connectivity index (χ1n) is 8.39. The van der Waals surface area contributed by atoms with Gasteiger partial charge in [-0.2, -0.15) is 0 Å². The zero-order valence-electron chi connectivity index (χ0n) is 16.1. The Morgan fingerprint density at radius 1 is 0.750 bits per heavy atom. The number of carbonyl (C=O) groups is 3. The molecule has 0 aliphatic carbocycles.